The Labute approximate surface area is 119 Å². The van der Waals surface area contributed by atoms with Crippen LogP contribution in [-0.4, -0.2) is 10.7 Å². The summed E-state index contributed by atoms with van der Waals surface area (Å²) in [4.78, 5) is 5.24. The molecule has 0 aliphatic rings. The molecule has 0 saturated heterocycles. The first-order valence-corrected chi connectivity index (χ1v) is 7.28. The van der Waals surface area contributed by atoms with Gasteiger partial charge in [-0.25, -0.2) is 0 Å². The Morgan fingerprint density at radius 1 is 1.28 bits per heavy atom. The molecule has 0 amide bonds. The van der Waals surface area contributed by atoms with Crippen molar-refractivity contribution in [1.82, 2.24) is 4.98 Å². The highest BCUT2D eigenvalue weighted by Gasteiger charge is 2.10. The third-order valence-electron chi connectivity index (χ3n) is 2.54. The molecule has 0 spiro atoms. The van der Waals surface area contributed by atoms with E-state index in [1.54, 1.807) is 30.2 Å². The molecule has 4 N–H and O–H groups in total. The lowest BCUT2D eigenvalue weighted by Crippen LogP contribution is -2.15. The van der Waals surface area contributed by atoms with Crippen molar-refractivity contribution in [3.63, 3.8) is 0 Å². The SMILES string of the molecule is Nc1ccncc1C(N)CSc1ccccc1Br. The van der Waals surface area contributed by atoms with E-state index >= 15 is 0 Å². The summed E-state index contributed by atoms with van der Waals surface area (Å²) in [5.74, 6) is 0.762. The zero-order valence-corrected chi connectivity index (χ0v) is 12.1. The topological polar surface area (TPSA) is 64.9 Å². The molecular weight excluding hydrogens is 310 g/mol. The normalized spacial score (nSPS) is 12.3. The van der Waals surface area contributed by atoms with Crippen LogP contribution in [0.3, 0.4) is 0 Å². The summed E-state index contributed by atoms with van der Waals surface area (Å²) < 4.78 is 1.08. The van der Waals surface area contributed by atoms with Gasteiger partial charge in [-0.2, -0.15) is 0 Å². The smallest absolute Gasteiger partial charge is 0.0426 e. The molecule has 2 rings (SSSR count). The lowest BCUT2D eigenvalue weighted by Gasteiger charge is -2.13. The molecule has 1 atom stereocenters. The first-order valence-electron chi connectivity index (χ1n) is 5.51. The number of anilines is 1. The number of aromatic nitrogens is 1. The fourth-order valence-electron chi connectivity index (χ4n) is 1.56. The summed E-state index contributed by atoms with van der Waals surface area (Å²) in [7, 11) is 0. The van der Waals surface area contributed by atoms with E-state index in [1.807, 2.05) is 18.2 Å². The number of nitrogens with zero attached hydrogens (tertiary/aromatic N) is 1. The third-order valence-corrected chi connectivity index (χ3v) is 4.69. The Kier molecular flexibility index (Phi) is 4.63. The molecule has 18 heavy (non-hydrogen) atoms. The average Bonchev–Trinajstić information content (AvgIpc) is 2.38. The van der Waals surface area contributed by atoms with Crippen molar-refractivity contribution in [2.24, 2.45) is 5.73 Å². The number of nitrogen functional groups attached to an aromatic ring is 1. The van der Waals surface area contributed by atoms with Crippen LogP contribution < -0.4 is 11.5 Å². The second-order valence-corrected chi connectivity index (χ2v) is 5.77. The van der Waals surface area contributed by atoms with Crippen LogP contribution in [-0.2, 0) is 0 Å². The van der Waals surface area contributed by atoms with Crippen molar-refractivity contribution in [1.29, 1.82) is 0 Å². The minimum Gasteiger partial charge on any atom is -0.398 e. The Morgan fingerprint density at radius 3 is 2.78 bits per heavy atom. The molecule has 0 bridgehead atoms. The Balaban J connectivity index is 2.03. The lowest BCUT2D eigenvalue weighted by molar-refractivity contribution is 0.827. The van der Waals surface area contributed by atoms with Gasteiger partial charge in [0.25, 0.3) is 0 Å². The van der Waals surface area contributed by atoms with Crippen LogP contribution in [0.4, 0.5) is 5.69 Å². The van der Waals surface area contributed by atoms with Gasteiger partial charge >= 0.3 is 0 Å². The predicted octanol–water partition coefficient (Wildman–Crippen LogP) is 3.22. The van der Waals surface area contributed by atoms with E-state index < -0.39 is 0 Å². The molecule has 0 radical (unpaired) electrons. The molecule has 94 valence electrons. The largest absolute Gasteiger partial charge is 0.398 e. The number of hydrogen-bond donors (Lipinski definition) is 2. The second-order valence-electron chi connectivity index (χ2n) is 3.85. The van der Waals surface area contributed by atoms with Gasteiger partial charge in [0.05, 0.1) is 0 Å². The van der Waals surface area contributed by atoms with Crippen molar-refractivity contribution < 1.29 is 0 Å². The molecule has 0 fully saturated rings. The fraction of sp³-hybridized carbons (Fsp3) is 0.154. The molecule has 1 unspecified atom stereocenters. The van der Waals surface area contributed by atoms with Gasteiger partial charge in [0.2, 0.25) is 0 Å². The molecule has 0 saturated carbocycles. The van der Waals surface area contributed by atoms with Gasteiger partial charge in [-0.05, 0) is 34.1 Å². The Hall–Kier alpha value is -1.04. The van der Waals surface area contributed by atoms with Crippen LogP contribution >= 0.6 is 27.7 Å². The van der Waals surface area contributed by atoms with Crippen LogP contribution in [0.15, 0.2) is 52.1 Å². The van der Waals surface area contributed by atoms with E-state index in [4.69, 9.17) is 11.5 Å². The first-order chi connectivity index (χ1) is 8.68. The van der Waals surface area contributed by atoms with E-state index in [-0.39, 0.29) is 6.04 Å². The van der Waals surface area contributed by atoms with Gasteiger partial charge in [-0.3, -0.25) is 4.98 Å². The van der Waals surface area contributed by atoms with Crippen molar-refractivity contribution in [2.45, 2.75) is 10.9 Å². The number of nitrogens with two attached hydrogens (primary N) is 2. The quantitative estimate of drug-likeness (QED) is 0.848. The van der Waals surface area contributed by atoms with E-state index in [0.29, 0.717) is 5.69 Å². The number of halogens is 1. The second kappa shape index (κ2) is 6.22. The minimum absolute atomic E-state index is 0.115. The van der Waals surface area contributed by atoms with Crippen molar-refractivity contribution in [3.8, 4) is 0 Å². The zero-order valence-electron chi connectivity index (χ0n) is 9.71. The maximum absolute atomic E-state index is 6.14. The predicted molar refractivity (Wildman–Crippen MR) is 80.4 cm³/mol. The standard InChI is InChI=1S/C13H14BrN3S/c14-10-3-1-2-4-13(10)18-8-12(16)9-7-17-6-5-11(9)15/h1-7,12H,8,16H2,(H2,15,17). The average molecular weight is 324 g/mol. The van der Waals surface area contributed by atoms with Crippen LogP contribution in [0.25, 0.3) is 0 Å². The summed E-state index contributed by atoms with van der Waals surface area (Å²) in [6, 6.07) is 9.75. The van der Waals surface area contributed by atoms with Gasteiger partial charge in [0, 0.05) is 44.8 Å². The van der Waals surface area contributed by atoms with Crippen molar-refractivity contribution in [3.05, 3.63) is 52.8 Å². The maximum Gasteiger partial charge on any atom is 0.0426 e. The van der Waals surface area contributed by atoms with Gasteiger partial charge < -0.3 is 11.5 Å². The molecule has 5 heteroatoms. The van der Waals surface area contributed by atoms with E-state index in [0.717, 1.165) is 15.8 Å². The molecule has 2 aromatic rings. The zero-order chi connectivity index (χ0) is 13.0. The van der Waals surface area contributed by atoms with E-state index in [1.165, 1.54) is 4.90 Å². The van der Waals surface area contributed by atoms with Crippen molar-refractivity contribution >= 4 is 33.4 Å². The molecule has 1 heterocycles. The fourth-order valence-corrected chi connectivity index (χ4v) is 3.11. The number of hydrogen-bond acceptors (Lipinski definition) is 4. The highest BCUT2D eigenvalue weighted by Crippen LogP contribution is 2.30. The molecule has 3 nitrogen and oxygen atoms in total. The van der Waals surface area contributed by atoms with E-state index in [2.05, 4.69) is 27.0 Å². The number of benzene rings is 1. The molecule has 1 aromatic heterocycles. The number of pyridine rings is 1. The van der Waals surface area contributed by atoms with Gasteiger partial charge in [0.15, 0.2) is 0 Å². The highest BCUT2D eigenvalue weighted by atomic mass is 79.9. The third kappa shape index (κ3) is 3.25. The monoisotopic (exact) mass is 323 g/mol. The lowest BCUT2D eigenvalue weighted by atomic mass is 10.1. The van der Waals surface area contributed by atoms with Crippen LogP contribution in [0.1, 0.15) is 11.6 Å². The summed E-state index contributed by atoms with van der Waals surface area (Å²) in [5, 5.41) is 0. The van der Waals surface area contributed by atoms with Gasteiger partial charge in [-0.15, -0.1) is 11.8 Å². The summed E-state index contributed by atoms with van der Waals surface area (Å²) in [6.45, 7) is 0. The first kappa shape index (κ1) is 13.4. The van der Waals surface area contributed by atoms with Crippen LogP contribution in [0, 0.1) is 0 Å². The van der Waals surface area contributed by atoms with Crippen molar-refractivity contribution in [2.75, 3.05) is 11.5 Å². The van der Waals surface area contributed by atoms with Crippen LogP contribution in [0.5, 0.6) is 0 Å². The Bertz CT molecular complexity index is 533. The minimum atomic E-state index is -0.115. The molecule has 0 aliphatic heterocycles. The molecule has 1 aromatic carbocycles. The van der Waals surface area contributed by atoms with Crippen LogP contribution in [0.2, 0.25) is 0 Å². The number of thioether (sulfide) groups is 1. The summed E-state index contributed by atoms with van der Waals surface area (Å²) in [6.07, 6.45) is 3.41. The number of rotatable bonds is 4. The summed E-state index contributed by atoms with van der Waals surface area (Å²) in [5.41, 5.74) is 13.6. The molecule has 0 aliphatic carbocycles. The molecular formula is C13H14BrN3S. The van der Waals surface area contributed by atoms with Gasteiger partial charge in [0.1, 0.15) is 0 Å². The highest BCUT2D eigenvalue weighted by molar-refractivity contribution is 9.10. The van der Waals surface area contributed by atoms with Gasteiger partial charge in [-0.1, -0.05) is 12.1 Å². The Morgan fingerprint density at radius 2 is 2.06 bits per heavy atom. The van der Waals surface area contributed by atoms with E-state index in [9.17, 15) is 0 Å². The maximum atomic E-state index is 6.14. The summed E-state index contributed by atoms with van der Waals surface area (Å²) >= 11 is 5.22.